The maximum absolute atomic E-state index is 13.5. The maximum atomic E-state index is 13.5. The van der Waals surface area contributed by atoms with E-state index in [1.165, 1.54) is 0 Å². The van der Waals surface area contributed by atoms with Crippen LogP contribution in [0.5, 0.6) is 0 Å². The number of nitrogens with zero attached hydrogens (tertiary/aromatic N) is 2. The van der Waals surface area contributed by atoms with Gasteiger partial charge in [0.05, 0.1) is 23.9 Å². The first kappa shape index (κ1) is 28.0. The van der Waals surface area contributed by atoms with Crippen LogP contribution in [0.2, 0.25) is 0 Å². The number of hydrogen-bond acceptors (Lipinski definition) is 7. The molecule has 2 atom stereocenters. The van der Waals surface area contributed by atoms with E-state index in [0.29, 0.717) is 17.8 Å². The van der Waals surface area contributed by atoms with Crippen LogP contribution in [-0.2, 0) is 16.1 Å². The molecule has 0 spiro atoms. The first-order valence-corrected chi connectivity index (χ1v) is 13.0. The molecule has 0 saturated carbocycles. The van der Waals surface area contributed by atoms with E-state index < -0.39 is 24.6 Å². The molecule has 0 bridgehead atoms. The van der Waals surface area contributed by atoms with Crippen molar-refractivity contribution in [3.8, 4) is 11.3 Å². The van der Waals surface area contributed by atoms with E-state index in [4.69, 9.17) is 4.84 Å². The largest absolute Gasteiger partial charge is 0.475 e. The number of pyridine rings is 1. The van der Waals surface area contributed by atoms with E-state index >= 15 is 0 Å². The zero-order valence-electron chi connectivity index (χ0n) is 22.1. The molecular weight excluding hydrogens is 495 g/mol. The summed E-state index contributed by atoms with van der Waals surface area (Å²) in [6.07, 6.45) is 0.724. The van der Waals surface area contributed by atoms with Crippen molar-refractivity contribution < 1.29 is 24.5 Å². The predicted octanol–water partition coefficient (Wildman–Crippen LogP) is 2.78. The number of benzene rings is 2. The molecule has 4 rings (SSSR count). The molecule has 1 aliphatic heterocycles. The highest BCUT2D eigenvalue weighted by atomic mass is 16.7. The first-order chi connectivity index (χ1) is 18.8. The molecule has 2 amide bonds. The molecule has 3 aromatic rings. The molecular formula is C29H33BN4O5. The topological polar surface area (TPSA) is 133 Å². The fourth-order valence-electron chi connectivity index (χ4n) is 4.53. The molecule has 39 heavy (non-hydrogen) atoms. The summed E-state index contributed by atoms with van der Waals surface area (Å²) in [5.41, 5.74) is 1.81. The second-order valence-electron chi connectivity index (χ2n) is 10.2. The molecule has 1 unspecified atom stereocenters. The van der Waals surface area contributed by atoms with E-state index in [2.05, 4.69) is 20.8 Å². The molecule has 9 nitrogen and oxygen atoms in total. The minimum absolute atomic E-state index is 0.0674. The van der Waals surface area contributed by atoms with E-state index in [-0.39, 0.29) is 36.9 Å². The quantitative estimate of drug-likeness (QED) is 0.283. The van der Waals surface area contributed by atoms with E-state index in [1.54, 1.807) is 12.1 Å². The zero-order chi connectivity index (χ0) is 27.8. The number of rotatable bonds is 11. The second kappa shape index (κ2) is 12.7. The molecule has 0 fully saturated rings. The van der Waals surface area contributed by atoms with Crippen molar-refractivity contribution in [2.75, 3.05) is 6.54 Å². The van der Waals surface area contributed by atoms with Crippen LogP contribution in [0.25, 0.3) is 11.3 Å². The molecule has 1 aromatic heterocycles. The van der Waals surface area contributed by atoms with Crippen molar-refractivity contribution in [1.29, 1.82) is 0 Å². The van der Waals surface area contributed by atoms with E-state index in [0.717, 1.165) is 11.1 Å². The Balaban J connectivity index is 1.45. The number of amides is 2. The van der Waals surface area contributed by atoms with Gasteiger partial charge in [0.2, 0.25) is 5.60 Å². The van der Waals surface area contributed by atoms with Crippen LogP contribution in [0.4, 0.5) is 0 Å². The third-order valence-corrected chi connectivity index (χ3v) is 6.49. The zero-order valence-corrected chi connectivity index (χ0v) is 22.1. The Kier molecular flexibility index (Phi) is 9.11. The Morgan fingerprint density at radius 2 is 1.69 bits per heavy atom. The van der Waals surface area contributed by atoms with Crippen molar-refractivity contribution in [2.45, 2.75) is 44.7 Å². The number of carbonyl (C=O) groups excluding carboxylic acids is 2. The van der Waals surface area contributed by atoms with Crippen LogP contribution in [0.15, 0.2) is 84.0 Å². The van der Waals surface area contributed by atoms with Gasteiger partial charge in [0, 0.05) is 18.4 Å². The number of hydrogen-bond donors (Lipinski definition) is 4. The average Bonchev–Trinajstić information content (AvgIpc) is 3.36. The number of aromatic nitrogens is 1. The Morgan fingerprint density at radius 3 is 2.36 bits per heavy atom. The molecule has 0 aliphatic carbocycles. The standard InChI is InChI=1S/C29H33BN4O5/c1-20(2)16-26(30(37)38)33-28(36)29(17-21-10-5-3-6-11-21)18-23(34-39-29)19-31-27(35)25-15-9-14-24(32-25)22-12-7-4-8-13-22/h3-15,20,26,37-38H,16-19H2,1-2H3,(H,31,35)(H,33,36)/t26-,29?/m0/s1. The first-order valence-electron chi connectivity index (χ1n) is 13.0. The highest BCUT2D eigenvalue weighted by Crippen LogP contribution is 2.29. The Labute approximate surface area is 228 Å². The van der Waals surface area contributed by atoms with Gasteiger partial charge in [-0.3, -0.25) is 9.59 Å². The van der Waals surface area contributed by atoms with Gasteiger partial charge in [0.25, 0.3) is 11.8 Å². The fraction of sp³-hybridized carbons (Fsp3) is 0.310. The predicted molar refractivity (Wildman–Crippen MR) is 150 cm³/mol. The lowest BCUT2D eigenvalue weighted by Crippen LogP contribution is -2.56. The normalized spacial score (nSPS) is 17.2. The summed E-state index contributed by atoms with van der Waals surface area (Å²) in [7, 11) is -1.72. The van der Waals surface area contributed by atoms with Crippen molar-refractivity contribution in [1.82, 2.24) is 15.6 Å². The van der Waals surface area contributed by atoms with Crippen LogP contribution >= 0.6 is 0 Å². The molecule has 1 aliphatic rings. The Morgan fingerprint density at radius 1 is 1.00 bits per heavy atom. The van der Waals surface area contributed by atoms with Gasteiger partial charge in [0.15, 0.2) is 0 Å². The lowest BCUT2D eigenvalue weighted by molar-refractivity contribution is -0.144. The Bertz CT molecular complexity index is 1300. The van der Waals surface area contributed by atoms with Crippen molar-refractivity contribution in [3.05, 3.63) is 90.1 Å². The third-order valence-electron chi connectivity index (χ3n) is 6.49. The summed E-state index contributed by atoms with van der Waals surface area (Å²) in [6.45, 7) is 3.93. The summed E-state index contributed by atoms with van der Waals surface area (Å²) < 4.78 is 0. The maximum Gasteiger partial charge on any atom is 0.475 e. The van der Waals surface area contributed by atoms with Gasteiger partial charge in [-0.2, -0.15) is 0 Å². The Hall–Kier alpha value is -4.02. The number of oxime groups is 1. The van der Waals surface area contributed by atoms with Gasteiger partial charge >= 0.3 is 7.12 Å². The lowest BCUT2D eigenvalue weighted by atomic mass is 9.74. The van der Waals surface area contributed by atoms with Gasteiger partial charge in [-0.15, -0.1) is 0 Å². The lowest BCUT2D eigenvalue weighted by Gasteiger charge is -2.29. The smallest absolute Gasteiger partial charge is 0.426 e. The van der Waals surface area contributed by atoms with E-state index in [9.17, 15) is 19.6 Å². The molecule has 0 saturated heterocycles. The third kappa shape index (κ3) is 7.31. The molecule has 2 aromatic carbocycles. The molecule has 10 heteroatoms. The van der Waals surface area contributed by atoms with Crippen LogP contribution < -0.4 is 10.6 Å². The summed E-state index contributed by atoms with van der Waals surface area (Å²) in [4.78, 5) is 36.7. The summed E-state index contributed by atoms with van der Waals surface area (Å²) in [5, 5.41) is 29.4. The monoisotopic (exact) mass is 528 g/mol. The van der Waals surface area contributed by atoms with Gasteiger partial charge in [-0.05, 0) is 30.0 Å². The summed E-state index contributed by atoms with van der Waals surface area (Å²) >= 11 is 0. The minimum atomic E-state index is -1.72. The minimum Gasteiger partial charge on any atom is -0.426 e. The van der Waals surface area contributed by atoms with Gasteiger partial charge in [-0.25, -0.2) is 4.98 Å². The highest BCUT2D eigenvalue weighted by Gasteiger charge is 2.48. The van der Waals surface area contributed by atoms with Crippen molar-refractivity contribution in [2.24, 2.45) is 11.1 Å². The summed E-state index contributed by atoms with van der Waals surface area (Å²) in [5.74, 6) is -1.60. The van der Waals surface area contributed by atoms with Gasteiger partial charge in [-0.1, -0.05) is 85.7 Å². The molecule has 4 N–H and O–H groups in total. The summed E-state index contributed by atoms with van der Waals surface area (Å²) in [6, 6.07) is 24.2. The average molecular weight is 528 g/mol. The molecule has 0 radical (unpaired) electrons. The van der Waals surface area contributed by atoms with Crippen LogP contribution in [0.3, 0.4) is 0 Å². The van der Waals surface area contributed by atoms with Gasteiger partial charge in [0.1, 0.15) is 5.69 Å². The van der Waals surface area contributed by atoms with Crippen LogP contribution in [0.1, 0.15) is 42.7 Å². The fourth-order valence-corrected chi connectivity index (χ4v) is 4.53. The molecule has 2 heterocycles. The van der Waals surface area contributed by atoms with Crippen molar-refractivity contribution >= 4 is 24.6 Å². The van der Waals surface area contributed by atoms with Crippen molar-refractivity contribution in [3.63, 3.8) is 0 Å². The SMILES string of the molecule is CC(C)C[C@H](NC(=O)C1(Cc2ccccc2)CC(CNC(=O)c2cccc(-c3ccccc3)n2)=NO1)B(O)O. The number of carbonyl (C=O) groups is 2. The second-order valence-corrected chi connectivity index (χ2v) is 10.2. The number of nitrogens with one attached hydrogen (secondary N) is 2. The van der Waals surface area contributed by atoms with Crippen LogP contribution in [-0.4, -0.2) is 57.8 Å². The van der Waals surface area contributed by atoms with Crippen LogP contribution in [0, 0.1) is 5.92 Å². The molecule has 202 valence electrons. The van der Waals surface area contributed by atoms with E-state index in [1.807, 2.05) is 80.6 Å². The highest BCUT2D eigenvalue weighted by molar-refractivity contribution is 6.43. The van der Waals surface area contributed by atoms with Gasteiger partial charge < -0.3 is 25.5 Å².